The van der Waals surface area contributed by atoms with Crippen LogP contribution in [-0.2, 0) is 16.1 Å². The number of carbonyl (C=O) groups excluding carboxylic acids is 2. The first-order chi connectivity index (χ1) is 15.4. The number of rotatable bonds is 6. The molecule has 2 bridgehead atoms. The zero-order valence-corrected chi connectivity index (χ0v) is 20.2. The highest BCUT2D eigenvalue weighted by Gasteiger charge is 2.41. The number of amides is 2. The van der Waals surface area contributed by atoms with E-state index < -0.39 is 0 Å². The van der Waals surface area contributed by atoms with E-state index >= 15 is 0 Å². The number of anilines is 1. The van der Waals surface area contributed by atoms with Gasteiger partial charge in [0.05, 0.1) is 0 Å². The van der Waals surface area contributed by atoms with E-state index in [9.17, 15) is 14.0 Å². The summed E-state index contributed by atoms with van der Waals surface area (Å²) in [5.74, 6) is -0.781. The maximum Gasteiger partial charge on any atom is 0.247 e. The highest BCUT2D eigenvalue weighted by atomic mass is 35.5. The molecular weight excluding hydrogens is 488 g/mol. The highest BCUT2D eigenvalue weighted by molar-refractivity contribution is 6.31. The molecule has 2 atom stereocenters. The summed E-state index contributed by atoms with van der Waals surface area (Å²) in [6, 6.07) is 12.0. The summed E-state index contributed by atoms with van der Waals surface area (Å²) in [5, 5.41) is 3.19. The number of alkyl halides is 1. The lowest BCUT2D eigenvalue weighted by Gasteiger charge is -2.40. The number of likely N-dealkylation sites (tertiary alicyclic amines) is 1. The molecule has 0 saturated carbocycles. The Labute approximate surface area is 208 Å². The molecule has 0 radical (unpaired) electrons. The topological polar surface area (TPSA) is 52.7 Å². The minimum atomic E-state index is -0.342. The molecule has 0 aliphatic carbocycles. The molecular formula is C24H25Cl3FN3O2. The van der Waals surface area contributed by atoms with Crippen LogP contribution in [0.25, 0.3) is 6.08 Å². The van der Waals surface area contributed by atoms with Crippen LogP contribution >= 0.6 is 35.6 Å². The maximum atomic E-state index is 13.2. The largest absolute Gasteiger partial charge is 0.331 e. The molecule has 4 rings (SSSR count). The second-order valence-electron chi connectivity index (χ2n) is 8.20. The molecule has 5 nitrogen and oxygen atoms in total. The molecule has 0 aromatic heterocycles. The molecule has 9 heteroatoms. The van der Waals surface area contributed by atoms with Crippen molar-refractivity contribution in [2.24, 2.45) is 0 Å². The minimum Gasteiger partial charge on any atom is -0.331 e. The highest BCUT2D eigenvalue weighted by Crippen LogP contribution is 2.31. The van der Waals surface area contributed by atoms with E-state index in [1.165, 1.54) is 12.1 Å². The van der Waals surface area contributed by atoms with Gasteiger partial charge in [-0.3, -0.25) is 14.5 Å². The number of fused-ring (bicyclic) bond motifs is 2. The van der Waals surface area contributed by atoms with Crippen LogP contribution < -0.4 is 5.32 Å². The number of hydrogen-bond acceptors (Lipinski definition) is 3. The van der Waals surface area contributed by atoms with E-state index in [0.717, 1.165) is 38.0 Å². The molecule has 2 saturated heterocycles. The lowest BCUT2D eigenvalue weighted by atomic mass is 10.1. The monoisotopic (exact) mass is 511 g/mol. The van der Waals surface area contributed by atoms with Crippen LogP contribution in [0, 0.1) is 5.82 Å². The van der Waals surface area contributed by atoms with Crippen LogP contribution in [0.5, 0.6) is 0 Å². The third-order valence-corrected chi connectivity index (χ3v) is 6.43. The fourth-order valence-electron chi connectivity index (χ4n) is 4.54. The van der Waals surface area contributed by atoms with Gasteiger partial charge in [0.15, 0.2) is 0 Å². The average Bonchev–Trinajstić information content (AvgIpc) is 3.05. The van der Waals surface area contributed by atoms with E-state index in [4.69, 9.17) is 23.2 Å². The molecule has 2 aliphatic rings. The summed E-state index contributed by atoms with van der Waals surface area (Å²) < 4.78 is 13.2. The second kappa shape index (κ2) is 11.3. The SMILES string of the molecule is Cl.O=C(CCl)Nc1cc(Cl)ccc1/C=C/C(=O)N1C2CCC1CN(Cc1ccc(F)cc1)C2. The van der Waals surface area contributed by atoms with Crippen molar-refractivity contribution in [1.29, 1.82) is 0 Å². The van der Waals surface area contributed by atoms with Crippen molar-refractivity contribution in [3.05, 3.63) is 70.5 Å². The molecule has 2 aliphatic heterocycles. The van der Waals surface area contributed by atoms with Crippen molar-refractivity contribution in [2.45, 2.75) is 31.5 Å². The van der Waals surface area contributed by atoms with Crippen LogP contribution in [0.15, 0.2) is 48.5 Å². The van der Waals surface area contributed by atoms with Gasteiger partial charge in [-0.1, -0.05) is 29.8 Å². The summed E-state index contributed by atoms with van der Waals surface area (Å²) in [4.78, 5) is 29.0. The molecule has 2 amide bonds. The molecule has 176 valence electrons. The van der Waals surface area contributed by atoms with Crippen LogP contribution in [0.2, 0.25) is 5.02 Å². The molecule has 1 N–H and O–H groups in total. The van der Waals surface area contributed by atoms with E-state index in [2.05, 4.69) is 10.2 Å². The summed E-state index contributed by atoms with van der Waals surface area (Å²) in [5.41, 5.74) is 2.27. The third-order valence-electron chi connectivity index (χ3n) is 5.95. The summed E-state index contributed by atoms with van der Waals surface area (Å²) in [6.07, 6.45) is 5.21. The number of nitrogens with zero attached hydrogens (tertiary/aromatic N) is 2. The Balaban J connectivity index is 0.00000306. The van der Waals surface area contributed by atoms with Gasteiger partial charge in [-0.25, -0.2) is 4.39 Å². The van der Waals surface area contributed by atoms with E-state index in [1.54, 1.807) is 30.4 Å². The van der Waals surface area contributed by atoms with Crippen LogP contribution in [0.4, 0.5) is 10.1 Å². The minimum absolute atomic E-state index is 0. The predicted octanol–water partition coefficient (Wildman–Crippen LogP) is 4.97. The Hall–Kier alpha value is -2.12. The van der Waals surface area contributed by atoms with E-state index in [0.29, 0.717) is 16.3 Å². The lowest BCUT2D eigenvalue weighted by Crippen LogP contribution is -2.55. The molecule has 2 heterocycles. The lowest BCUT2D eigenvalue weighted by molar-refractivity contribution is -0.131. The van der Waals surface area contributed by atoms with Gasteiger partial charge in [0, 0.05) is 48.5 Å². The number of carbonyl (C=O) groups is 2. The molecule has 2 fully saturated rings. The Morgan fingerprint density at radius 3 is 2.39 bits per heavy atom. The first kappa shape index (κ1) is 25.5. The second-order valence-corrected chi connectivity index (χ2v) is 8.90. The normalized spacial score (nSPS) is 20.0. The van der Waals surface area contributed by atoms with Crippen LogP contribution in [0.1, 0.15) is 24.0 Å². The van der Waals surface area contributed by atoms with Crippen molar-refractivity contribution >= 4 is 59.2 Å². The van der Waals surface area contributed by atoms with Crippen molar-refractivity contribution in [2.75, 3.05) is 24.3 Å². The van der Waals surface area contributed by atoms with Gasteiger partial charge in [-0.2, -0.15) is 0 Å². The Kier molecular flexibility index (Phi) is 8.76. The quantitative estimate of drug-likeness (QED) is 0.439. The molecule has 2 unspecified atom stereocenters. The third kappa shape index (κ3) is 6.27. The molecule has 0 spiro atoms. The number of piperazine rings is 1. The molecule has 2 aromatic rings. The van der Waals surface area contributed by atoms with Gasteiger partial charge in [-0.05, 0) is 54.3 Å². The standard InChI is InChI=1S/C24H24Cl2FN3O2.ClH/c25-12-23(31)28-22-11-18(26)5-3-17(22)4-10-24(32)30-20-8-9-21(30)15-29(14-20)13-16-1-6-19(27)7-2-16;/h1-7,10-11,20-21H,8-9,12-15H2,(H,28,31);1H/b10-4+;. The summed E-state index contributed by atoms with van der Waals surface area (Å²) in [6.45, 7) is 2.34. The first-order valence-corrected chi connectivity index (χ1v) is 11.5. The smallest absolute Gasteiger partial charge is 0.247 e. The van der Waals surface area contributed by atoms with Gasteiger partial charge in [0.25, 0.3) is 0 Å². The summed E-state index contributed by atoms with van der Waals surface area (Å²) in [7, 11) is 0. The average molecular weight is 513 g/mol. The predicted molar refractivity (Wildman–Crippen MR) is 132 cm³/mol. The summed E-state index contributed by atoms with van der Waals surface area (Å²) >= 11 is 11.6. The van der Waals surface area contributed by atoms with Crippen molar-refractivity contribution in [3.8, 4) is 0 Å². The molecule has 2 aromatic carbocycles. The van der Waals surface area contributed by atoms with Gasteiger partial charge < -0.3 is 10.2 Å². The van der Waals surface area contributed by atoms with Gasteiger partial charge in [0.1, 0.15) is 11.7 Å². The van der Waals surface area contributed by atoms with Crippen LogP contribution in [0.3, 0.4) is 0 Å². The molecule has 33 heavy (non-hydrogen) atoms. The fraction of sp³-hybridized carbons (Fsp3) is 0.333. The maximum absolute atomic E-state index is 13.2. The van der Waals surface area contributed by atoms with Crippen molar-refractivity contribution < 1.29 is 14.0 Å². The van der Waals surface area contributed by atoms with Crippen LogP contribution in [-0.4, -0.2) is 52.7 Å². The van der Waals surface area contributed by atoms with E-state index in [1.807, 2.05) is 17.0 Å². The number of benzene rings is 2. The zero-order valence-electron chi connectivity index (χ0n) is 17.8. The van der Waals surface area contributed by atoms with Gasteiger partial charge >= 0.3 is 0 Å². The zero-order chi connectivity index (χ0) is 22.7. The van der Waals surface area contributed by atoms with E-state index in [-0.39, 0.29) is 48.0 Å². The Bertz CT molecular complexity index is 1020. The number of halogens is 4. The number of nitrogens with one attached hydrogen (secondary N) is 1. The Morgan fingerprint density at radius 1 is 1.09 bits per heavy atom. The van der Waals surface area contributed by atoms with Crippen molar-refractivity contribution in [3.63, 3.8) is 0 Å². The number of hydrogen-bond donors (Lipinski definition) is 1. The Morgan fingerprint density at radius 2 is 1.76 bits per heavy atom. The van der Waals surface area contributed by atoms with Gasteiger partial charge in [0.2, 0.25) is 11.8 Å². The first-order valence-electron chi connectivity index (χ1n) is 10.6. The fourth-order valence-corrected chi connectivity index (χ4v) is 4.78. The van der Waals surface area contributed by atoms with Crippen molar-refractivity contribution in [1.82, 2.24) is 9.80 Å². The van der Waals surface area contributed by atoms with Gasteiger partial charge in [-0.15, -0.1) is 24.0 Å².